The maximum atomic E-state index is 5.13. The lowest BCUT2D eigenvalue weighted by molar-refractivity contribution is 0.923. The number of nitrogens with zero attached hydrogens (tertiary/aromatic N) is 2. The number of allylic oxidation sites excluding steroid dienone is 7. The normalized spacial score (nSPS) is 13.1. The van der Waals surface area contributed by atoms with Gasteiger partial charge in [0.15, 0.2) is 5.82 Å². The van der Waals surface area contributed by atoms with Crippen molar-refractivity contribution in [3.8, 4) is 67.3 Å². The lowest BCUT2D eigenvalue weighted by Crippen LogP contribution is -2.04. The number of benzene rings is 6. The van der Waals surface area contributed by atoms with Crippen LogP contribution in [-0.2, 0) is 0 Å². The molecule has 7 aromatic rings. The SMILES string of the molecule is C=CC1=C(/C=C\C)C(c2ccc(-c3cccc(-c4cccc(-c5cc(-c6ccc(-c7ccccc7)cc6)nc(-c6ccccc6)n5)c4)c3)cc2C)=C(C)CC1. The van der Waals surface area contributed by atoms with Crippen LogP contribution in [0.5, 0.6) is 0 Å². The standard InChI is InChI=1S/C53H44N2/c1-5-15-49-38(6-2)25-24-36(3)52(49)48-31-30-46(32-37(48)4)44-21-13-20-43(33-44)45-22-14-23-47(34-45)51-35-50(54-53(55-51)42-18-11-8-12-19-42)41-28-26-40(27-29-41)39-16-9-7-10-17-39/h5-23,26-35H,2,24-25H2,1,3-4H3/b15-5-. The summed E-state index contributed by atoms with van der Waals surface area (Å²) in [6, 6.07) is 55.9. The Bertz CT molecular complexity index is 2600. The van der Waals surface area contributed by atoms with Gasteiger partial charge in [-0.2, -0.15) is 0 Å². The molecule has 8 rings (SSSR count). The summed E-state index contributed by atoms with van der Waals surface area (Å²) >= 11 is 0. The van der Waals surface area contributed by atoms with Crippen LogP contribution in [0.2, 0.25) is 0 Å². The van der Waals surface area contributed by atoms with Crippen molar-refractivity contribution in [2.24, 2.45) is 0 Å². The number of hydrogen-bond donors (Lipinski definition) is 0. The average molecular weight is 709 g/mol. The van der Waals surface area contributed by atoms with Crippen molar-refractivity contribution in [3.63, 3.8) is 0 Å². The molecule has 0 spiro atoms. The van der Waals surface area contributed by atoms with Gasteiger partial charge in [-0.15, -0.1) is 0 Å². The van der Waals surface area contributed by atoms with Gasteiger partial charge in [-0.1, -0.05) is 170 Å². The Morgan fingerprint density at radius 2 is 1.00 bits per heavy atom. The van der Waals surface area contributed by atoms with Crippen LogP contribution in [0.15, 0.2) is 199 Å². The van der Waals surface area contributed by atoms with Crippen LogP contribution in [0.1, 0.15) is 37.8 Å². The molecule has 2 heteroatoms. The zero-order chi connectivity index (χ0) is 37.7. The molecule has 266 valence electrons. The molecule has 55 heavy (non-hydrogen) atoms. The third-order valence-corrected chi connectivity index (χ3v) is 10.6. The highest BCUT2D eigenvalue weighted by Crippen LogP contribution is 2.40. The molecule has 1 aromatic heterocycles. The fourth-order valence-corrected chi connectivity index (χ4v) is 7.70. The topological polar surface area (TPSA) is 25.8 Å². The minimum absolute atomic E-state index is 0.708. The Kier molecular flexibility index (Phi) is 10.1. The molecule has 0 N–H and O–H groups in total. The van der Waals surface area contributed by atoms with Gasteiger partial charge in [0.1, 0.15) is 0 Å². The highest BCUT2D eigenvalue weighted by molar-refractivity contribution is 5.89. The van der Waals surface area contributed by atoms with Gasteiger partial charge < -0.3 is 0 Å². The quantitative estimate of drug-likeness (QED) is 0.149. The Morgan fingerprint density at radius 1 is 0.491 bits per heavy atom. The van der Waals surface area contributed by atoms with Crippen LogP contribution in [0.3, 0.4) is 0 Å². The van der Waals surface area contributed by atoms with E-state index >= 15 is 0 Å². The van der Waals surface area contributed by atoms with Crippen molar-refractivity contribution in [3.05, 3.63) is 210 Å². The van der Waals surface area contributed by atoms with Gasteiger partial charge in [-0.25, -0.2) is 9.97 Å². The molecule has 2 nitrogen and oxygen atoms in total. The third-order valence-electron chi connectivity index (χ3n) is 10.6. The first-order valence-electron chi connectivity index (χ1n) is 19.1. The molecule has 0 atom stereocenters. The highest BCUT2D eigenvalue weighted by Gasteiger charge is 2.20. The van der Waals surface area contributed by atoms with Gasteiger partial charge >= 0.3 is 0 Å². The summed E-state index contributed by atoms with van der Waals surface area (Å²) in [6.07, 6.45) is 8.51. The van der Waals surface area contributed by atoms with E-state index in [1.54, 1.807) is 0 Å². The van der Waals surface area contributed by atoms with Gasteiger partial charge in [0.2, 0.25) is 0 Å². The van der Waals surface area contributed by atoms with E-state index in [4.69, 9.17) is 9.97 Å². The number of hydrogen-bond acceptors (Lipinski definition) is 2. The van der Waals surface area contributed by atoms with E-state index in [0.29, 0.717) is 5.82 Å². The largest absolute Gasteiger partial charge is 0.228 e. The second-order valence-corrected chi connectivity index (χ2v) is 14.3. The van der Waals surface area contributed by atoms with Gasteiger partial charge in [0.05, 0.1) is 11.4 Å². The van der Waals surface area contributed by atoms with E-state index in [1.165, 1.54) is 55.7 Å². The van der Waals surface area contributed by atoms with Crippen LogP contribution in [0.25, 0.3) is 72.9 Å². The molecule has 0 fully saturated rings. The van der Waals surface area contributed by atoms with Gasteiger partial charge in [-0.05, 0) is 113 Å². The molecule has 1 aliphatic carbocycles. The van der Waals surface area contributed by atoms with E-state index in [1.807, 2.05) is 30.3 Å². The molecule has 0 amide bonds. The summed E-state index contributed by atoms with van der Waals surface area (Å²) in [5.74, 6) is 0.708. The molecule has 0 aliphatic heterocycles. The predicted molar refractivity (Wildman–Crippen MR) is 233 cm³/mol. The van der Waals surface area contributed by atoms with E-state index < -0.39 is 0 Å². The summed E-state index contributed by atoms with van der Waals surface area (Å²) in [5, 5.41) is 0. The minimum atomic E-state index is 0.708. The third kappa shape index (κ3) is 7.45. The molecule has 1 aliphatic rings. The average Bonchev–Trinajstić information content (AvgIpc) is 3.25. The lowest BCUT2D eigenvalue weighted by Gasteiger charge is -2.24. The highest BCUT2D eigenvalue weighted by atomic mass is 14.9. The maximum absolute atomic E-state index is 5.13. The lowest BCUT2D eigenvalue weighted by atomic mass is 9.80. The Hall–Kier alpha value is -6.64. The smallest absolute Gasteiger partial charge is 0.160 e. The first-order valence-corrected chi connectivity index (χ1v) is 19.1. The van der Waals surface area contributed by atoms with Crippen molar-refractivity contribution in [1.82, 2.24) is 9.97 Å². The summed E-state index contributed by atoms with van der Waals surface area (Å²) in [7, 11) is 0. The molecule has 0 saturated heterocycles. The Labute approximate surface area is 325 Å². The van der Waals surface area contributed by atoms with Crippen LogP contribution in [-0.4, -0.2) is 9.97 Å². The van der Waals surface area contributed by atoms with Crippen molar-refractivity contribution in [2.75, 3.05) is 0 Å². The Morgan fingerprint density at radius 3 is 1.62 bits per heavy atom. The van der Waals surface area contributed by atoms with Crippen LogP contribution in [0.4, 0.5) is 0 Å². The molecule has 0 radical (unpaired) electrons. The number of rotatable bonds is 9. The van der Waals surface area contributed by atoms with Crippen molar-refractivity contribution < 1.29 is 0 Å². The number of aryl methyl sites for hydroxylation is 1. The van der Waals surface area contributed by atoms with Crippen molar-refractivity contribution in [2.45, 2.75) is 33.6 Å². The molecular weight excluding hydrogens is 665 g/mol. The van der Waals surface area contributed by atoms with Crippen LogP contribution < -0.4 is 0 Å². The van der Waals surface area contributed by atoms with E-state index in [0.717, 1.165) is 52.0 Å². The number of aromatic nitrogens is 2. The van der Waals surface area contributed by atoms with E-state index in [9.17, 15) is 0 Å². The van der Waals surface area contributed by atoms with E-state index in [2.05, 4.69) is 173 Å². The summed E-state index contributed by atoms with van der Waals surface area (Å²) < 4.78 is 0. The molecule has 6 aromatic carbocycles. The van der Waals surface area contributed by atoms with Gasteiger partial charge in [0, 0.05) is 16.7 Å². The second-order valence-electron chi connectivity index (χ2n) is 14.3. The predicted octanol–water partition coefficient (Wildman–Crippen LogP) is 14.4. The summed E-state index contributed by atoms with van der Waals surface area (Å²) in [4.78, 5) is 10.2. The molecule has 0 bridgehead atoms. The van der Waals surface area contributed by atoms with Gasteiger partial charge in [0.25, 0.3) is 0 Å². The molecular formula is C53H44N2. The summed E-state index contributed by atoms with van der Waals surface area (Å²) in [6.45, 7) is 10.7. The summed E-state index contributed by atoms with van der Waals surface area (Å²) in [5.41, 5.74) is 19.9. The second kappa shape index (κ2) is 15.8. The zero-order valence-electron chi connectivity index (χ0n) is 31.8. The Balaban J connectivity index is 1.14. The monoisotopic (exact) mass is 708 g/mol. The van der Waals surface area contributed by atoms with Crippen molar-refractivity contribution in [1.29, 1.82) is 0 Å². The van der Waals surface area contributed by atoms with Crippen LogP contribution >= 0.6 is 0 Å². The minimum Gasteiger partial charge on any atom is -0.228 e. The van der Waals surface area contributed by atoms with Crippen LogP contribution in [0, 0.1) is 6.92 Å². The maximum Gasteiger partial charge on any atom is 0.160 e. The molecule has 1 heterocycles. The fourth-order valence-electron chi connectivity index (χ4n) is 7.70. The molecule has 0 saturated carbocycles. The zero-order valence-corrected chi connectivity index (χ0v) is 31.8. The first kappa shape index (κ1) is 35.4. The fraction of sp³-hybridized carbons (Fsp3) is 0.0943. The van der Waals surface area contributed by atoms with Gasteiger partial charge in [-0.3, -0.25) is 0 Å². The molecule has 0 unspecified atom stereocenters. The van der Waals surface area contributed by atoms with Crippen molar-refractivity contribution >= 4 is 5.57 Å². The first-order chi connectivity index (χ1) is 27.0. The van der Waals surface area contributed by atoms with E-state index in [-0.39, 0.29) is 0 Å².